The molecule has 2 aromatic rings. The Morgan fingerprint density at radius 1 is 1.18 bits per heavy atom. The lowest BCUT2D eigenvalue weighted by atomic mass is 10.2. The Kier molecular flexibility index (Phi) is 5.69. The van der Waals surface area contributed by atoms with Crippen LogP contribution in [0.3, 0.4) is 0 Å². The van der Waals surface area contributed by atoms with Gasteiger partial charge in [0.05, 0.1) is 6.04 Å². The fourth-order valence-electron chi connectivity index (χ4n) is 1.99. The Bertz CT molecular complexity index is 628. The van der Waals surface area contributed by atoms with Crippen LogP contribution in [0.2, 0.25) is 0 Å². The van der Waals surface area contributed by atoms with Crippen LogP contribution in [-0.2, 0) is 11.3 Å². The van der Waals surface area contributed by atoms with Gasteiger partial charge < -0.3 is 5.32 Å². The van der Waals surface area contributed by atoms with Gasteiger partial charge in [0.2, 0.25) is 5.91 Å². The van der Waals surface area contributed by atoms with Crippen LogP contribution in [0.25, 0.3) is 0 Å². The molecule has 0 aliphatic carbocycles. The molecule has 0 fully saturated rings. The molecule has 0 saturated heterocycles. The molecule has 5 heteroatoms. The first kappa shape index (κ1) is 16.6. The van der Waals surface area contributed by atoms with Crippen molar-refractivity contribution < 1.29 is 9.18 Å². The van der Waals surface area contributed by atoms with Crippen LogP contribution in [0.1, 0.15) is 12.5 Å². The van der Waals surface area contributed by atoms with E-state index < -0.39 is 0 Å². The molecule has 0 aromatic heterocycles. The van der Waals surface area contributed by atoms with Crippen molar-refractivity contribution in [3.05, 3.63) is 64.4 Å². The minimum atomic E-state index is -0.298. The number of carbonyl (C=O) groups is 1. The van der Waals surface area contributed by atoms with Crippen LogP contribution in [-0.4, -0.2) is 23.9 Å². The van der Waals surface area contributed by atoms with E-state index in [2.05, 4.69) is 21.2 Å². The molecule has 0 aliphatic rings. The molecule has 1 atom stereocenters. The molecular weight excluding hydrogens is 347 g/mol. The highest BCUT2D eigenvalue weighted by molar-refractivity contribution is 9.10. The number of likely N-dealkylation sites (N-methyl/N-ethyl adjacent to an activating group) is 1. The van der Waals surface area contributed by atoms with Crippen LogP contribution in [0.5, 0.6) is 0 Å². The number of amides is 1. The zero-order valence-electron chi connectivity index (χ0n) is 12.5. The molecule has 1 unspecified atom stereocenters. The predicted molar refractivity (Wildman–Crippen MR) is 90.1 cm³/mol. The van der Waals surface area contributed by atoms with Crippen molar-refractivity contribution in [2.24, 2.45) is 0 Å². The number of rotatable bonds is 5. The molecule has 0 aliphatic heterocycles. The van der Waals surface area contributed by atoms with E-state index >= 15 is 0 Å². The number of benzene rings is 2. The van der Waals surface area contributed by atoms with E-state index in [1.807, 2.05) is 43.1 Å². The van der Waals surface area contributed by atoms with Crippen LogP contribution in [0.15, 0.2) is 53.0 Å². The molecule has 0 heterocycles. The van der Waals surface area contributed by atoms with Crippen molar-refractivity contribution in [1.82, 2.24) is 4.90 Å². The first-order valence-electron chi connectivity index (χ1n) is 6.97. The van der Waals surface area contributed by atoms with Gasteiger partial charge in [-0.3, -0.25) is 9.69 Å². The lowest BCUT2D eigenvalue weighted by molar-refractivity contribution is -0.120. The molecule has 3 nitrogen and oxygen atoms in total. The smallest absolute Gasteiger partial charge is 0.241 e. The van der Waals surface area contributed by atoms with Gasteiger partial charge in [0.1, 0.15) is 5.82 Å². The van der Waals surface area contributed by atoms with E-state index in [9.17, 15) is 9.18 Å². The molecule has 0 spiro atoms. The van der Waals surface area contributed by atoms with E-state index in [1.165, 1.54) is 12.1 Å². The number of nitrogens with zero attached hydrogens (tertiary/aromatic N) is 1. The zero-order chi connectivity index (χ0) is 16.1. The Hall–Kier alpha value is -1.72. The molecule has 1 N–H and O–H groups in total. The molecule has 0 bridgehead atoms. The summed E-state index contributed by atoms with van der Waals surface area (Å²) in [5.41, 5.74) is 1.72. The van der Waals surface area contributed by atoms with Crippen molar-refractivity contribution in [3.8, 4) is 0 Å². The Morgan fingerprint density at radius 3 is 2.36 bits per heavy atom. The number of hydrogen-bond donors (Lipinski definition) is 1. The van der Waals surface area contributed by atoms with E-state index in [-0.39, 0.29) is 17.8 Å². The maximum atomic E-state index is 12.9. The third-order valence-electron chi connectivity index (χ3n) is 3.50. The quantitative estimate of drug-likeness (QED) is 0.867. The number of anilines is 1. The van der Waals surface area contributed by atoms with Crippen molar-refractivity contribution in [3.63, 3.8) is 0 Å². The third kappa shape index (κ3) is 4.64. The fraction of sp³-hybridized carbons (Fsp3) is 0.235. The molecule has 116 valence electrons. The van der Waals surface area contributed by atoms with Crippen molar-refractivity contribution in [2.45, 2.75) is 19.5 Å². The topological polar surface area (TPSA) is 32.3 Å². The highest BCUT2D eigenvalue weighted by atomic mass is 79.9. The second-order valence-corrected chi connectivity index (χ2v) is 6.13. The lowest BCUT2D eigenvalue weighted by Crippen LogP contribution is -2.39. The van der Waals surface area contributed by atoms with E-state index in [1.54, 1.807) is 12.1 Å². The molecule has 1 amide bonds. The average molecular weight is 365 g/mol. The molecule has 2 aromatic carbocycles. The maximum Gasteiger partial charge on any atom is 0.241 e. The summed E-state index contributed by atoms with van der Waals surface area (Å²) >= 11 is 3.36. The third-order valence-corrected chi connectivity index (χ3v) is 4.03. The van der Waals surface area contributed by atoms with Gasteiger partial charge >= 0.3 is 0 Å². The first-order valence-corrected chi connectivity index (χ1v) is 7.76. The number of nitrogens with one attached hydrogen (secondary N) is 1. The molecule has 0 radical (unpaired) electrons. The van der Waals surface area contributed by atoms with Crippen molar-refractivity contribution in [2.75, 3.05) is 12.4 Å². The Balaban J connectivity index is 1.94. The largest absolute Gasteiger partial charge is 0.325 e. The monoisotopic (exact) mass is 364 g/mol. The number of halogens is 2. The van der Waals surface area contributed by atoms with Crippen LogP contribution in [0, 0.1) is 5.82 Å². The normalized spacial score (nSPS) is 12.2. The predicted octanol–water partition coefficient (Wildman–Crippen LogP) is 4.05. The summed E-state index contributed by atoms with van der Waals surface area (Å²) in [6, 6.07) is 13.4. The second kappa shape index (κ2) is 7.51. The maximum absolute atomic E-state index is 12.9. The highest BCUT2D eigenvalue weighted by Crippen LogP contribution is 2.15. The minimum absolute atomic E-state index is 0.0769. The summed E-state index contributed by atoms with van der Waals surface area (Å²) < 4.78 is 13.9. The molecule has 2 rings (SSSR count). The SMILES string of the molecule is CC(C(=O)Nc1ccc(Br)cc1)N(C)Cc1ccc(F)cc1. The van der Waals surface area contributed by atoms with Crippen LogP contribution >= 0.6 is 15.9 Å². The van der Waals surface area contributed by atoms with Gasteiger partial charge in [0.25, 0.3) is 0 Å². The molecular formula is C17H18BrFN2O. The Labute approximate surface area is 138 Å². The molecule has 0 saturated carbocycles. The highest BCUT2D eigenvalue weighted by Gasteiger charge is 2.18. The van der Waals surface area contributed by atoms with E-state index in [4.69, 9.17) is 0 Å². The lowest BCUT2D eigenvalue weighted by Gasteiger charge is -2.24. The van der Waals surface area contributed by atoms with Gasteiger partial charge in [-0.05, 0) is 55.9 Å². The van der Waals surface area contributed by atoms with Crippen molar-refractivity contribution in [1.29, 1.82) is 0 Å². The summed E-state index contributed by atoms with van der Waals surface area (Å²) in [5.74, 6) is -0.334. The van der Waals surface area contributed by atoms with Crippen LogP contribution < -0.4 is 5.32 Å². The second-order valence-electron chi connectivity index (χ2n) is 5.21. The fourth-order valence-corrected chi connectivity index (χ4v) is 2.26. The van der Waals surface area contributed by atoms with Gasteiger partial charge in [-0.15, -0.1) is 0 Å². The number of hydrogen-bond acceptors (Lipinski definition) is 2. The van der Waals surface area contributed by atoms with E-state index in [0.717, 1.165) is 15.7 Å². The minimum Gasteiger partial charge on any atom is -0.325 e. The summed E-state index contributed by atoms with van der Waals surface area (Å²) in [4.78, 5) is 14.2. The van der Waals surface area contributed by atoms with Gasteiger partial charge in [0.15, 0.2) is 0 Å². The van der Waals surface area contributed by atoms with Gasteiger partial charge in [-0.1, -0.05) is 28.1 Å². The van der Waals surface area contributed by atoms with Gasteiger partial charge in [0, 0.05) is 16.7 Å². The first-order chi connectivity index (χ1) is 10.5. The summed E-state index contributed by atoms with van der Waals surface area (Å²) in [6.07, 6.45) is 0. The van der Waals surface area contributed by atoms with Gasteiger partial charge in [-0.25, -0.2) is 4.39 Å². The summed E-state index contributed by atoms with van der Waals surface area (Å²) in [7, 11) is 1.87. The zero-order valence-corrected chi connectivity index (χ0v) is 14.1. The van der Waals surface area contributed by atoms with Gasteiger partial charge in [-0.2, -0.15) is 0 Å². The van der Waals surface area contributed by atoms with E-state index in [0.29, 0.717) is 6.54 Å². The van der Waals surface area contributed by atoms with Crippen LogP contribution in [0.4, 0.5) is 10.1 Å². The summed E-state index contributed by atoms with van der Waals surface area (Å²) in [5, 5.41) is 2.88. The molecule has 22 heavy (non-hydrogen) atoms. The summed E-state index contributed by atoms with van der Waals surface area (Å²) in [6.45, 7) is 2.42. The Morgan fingerprint density at radius 2 is 1.77 bits per heavy atom. The standard InChI is InChI=1S/C17H18BrFN2O/c1-12(17(22)20-16-9-5-14(18)6-10-16)21(2)11-13-3-7-15(19)8-4-13/h3-10,12H,11H2,1-2H3,(H,20,22). The average Bonchev–Trinajstić information content (AvgIpc) is 2.51. The van der Waals surface area contributed by atoms with Crippen molar-refractivity contribution >= 4 is 27.5 Å². The number of carbonyl (C=O) groups excluding carboxylic acids is 1.